The van der Waals surface area contributed by atoms with Gasteiger partial charge in [-0.15, -0.1) is 0 Å². The number of hydrogen-bond donors (Lipinski definition) is 1. The number of carbonyl (C=O) groups excluding carboxylic acids is 1. The summed E-state index contributed by atoms with van der Waals surface area (Å²) in [6, 6.07) is 21.1. The van der Waals surface area contributed by atoms with Gasteiger partial charge in [0, 0.05) is 29.2 Å². The molecule has 44 heavy (non-hydrogen) atoms. The molecular formula is C31H26BrN5O7. The molecule has 0 aliphatic carbocycles. The quantitative estimate of drug-likeness (QED) is 0.0916. The van der Waals surface area contributed by atoms with Crippen molar-refractivity contribution in [3.8, 4) is 28.8 Å². The highest BCUT2D eigenvalue weighted by molar-refractivity contribution is 9.10. The van der Waals surface area contributed by atoms with Crippen LogP contribution in [0, 0.1) is 24.0 Å². The Hall–Kier alpha value is -5.43. The number of nitrogens with one attached hydrogen (secondary N) is 1. The van der Waals surface area contributed by atoms with Crippen molar-refractivity contribution in [2.24, 2.45) is 5.10 Å². The zero-order valence-corrected chi connectivity index (χ0v) is 25.4. The first-order chi connectivity index (χ1) is 21.2. The van der Waals surface area contributed by atoms with E-state index in [1.54, 1.807) is 24.3 Å². The number of pyridine rings is 1. The van der Waals surface area contributed by atoms with Crippen molar-refractivity contribution in [1.29, 1.82) is 0 Å². The Morgan fingerprint density at radius 1 is 1.09 bits per heavy atom. The van der Waals surface area contributed by atoms with Crippen LogP contribution in [0.1, 0.15) is 33.3 Å². The second-order valence-electron chi connectivity index (χ2n) is 9.45. The third-order valence-electron chi connectivity index (χ3n) is 6.40. The van der Waals surface area contributed by atoms with E-state index in [0.29, 0.717) is 33.0 Å². The summed E-state index contributed by atoms with van der Waals surface area (Å²) in [7, 11) is 1.46. The first-order valence-corrected chi connectivity index (χ1v) is 14.0. The first-order valence-electron chi connectivity index (χ1n) is 13.2. The summed E-state index contributed by atoms with van der Waals surface area (Å²) in [5.74, 6) is 1.48. The summed E-state index contributed by atoms with van der Waals surface area (Å²) < 4.78 is 25.3. The number of hydrogen-bond acceptors (Lipinski definition) is 9. The van der Waals surface area contributed by atoms with Crippen LogP contribution in [0.25, 0.3) is 5.69 Å². The van der Waals surface area contributed by atoms with Crippen LogP contribution < -0.4 is 19.6 Å². The van der Waals surface area contributed by atoms with Crippen LogP contribution in [0.5, 0.6) is 23.1 Å². The van der Waals surface area contributed by atoms with E-state index in [4.69, 9.17) is 18.6 Å². The molecule has 0 bridgehead atoms. The molecule has 0 atom stereocenters. The summed E-state index contributed by atoms with van der Waals surface area (Å²) >= 11 is 3.43. The number of aromatic nitrogens is 2. The molecule has 0 aliphatic rings. The van der Waals surface area contributed by atoms with Crippen molar-refractivity contribution in [1.82, 2.24) is 15.0 Å². The molecule has 5 rings (SSSR count). The van der Waals surface area contributed by atoms with Gasteiger partial charge in [-0.2, -0.15) is 5.10 Å². The number of carbonyl (C=O) groups is 1. The van der Waals surface area contributed by atoms with Gasteiger partial charge in [0.15, 0.2) is 17.3 Å². The highest BCUT2D eigenvalue weighted by Gasteiger charge is 2.15. The summed E-state index contributed by atoms with van der Waals surface area (Å²) in [6.45, 7) is 4.26. The Balaban J connectivity index is 1.16. The van der Waals surface area contributed by atoms with E-state index < -0.39 is 10.8 Å². The summed E-state index contributed by atoms with van der Waals surface area (Å²) in [5, 5.41) is 14.9. The SMILES string of the molecule is COc1cc(/C=N/NC(=O)c2ccc(COc3ccc(-n4c(C)ccc4C)cc3)o2)cc(Br)c1Oc1ccc([N+](=O)[O-])cn1. The van der Waals surface area contributed by atoms with Crippen LogP contribution in [0.2, 0.25) is 0 Å². The van der Waals surface area contributed by atoms with Crippen LogP contribution in [-0.4, -0.2) is 33.7 Å². The number of halogens is 1. The molecule has 0 spiro atoms. The molecule has 1 amide bonds. The Kier molecular flexibility index (Phi) is 9.05. The largest absolute Gasteiger partial charge is 0.493 e. The molecule has 1 N–H and O–H groups in total. The normalized spacial score (nSPS) is 11.0. The number of ether oxygens (including phenoxy) is 3. The first kappa shape index (κ1) is 30.0. The lowest BCUT2D eigenvalue weighted by Crippen LogP contribution is -2.16. The molecule has 3 aromatic heterocycles. The van der Waals surface area contributed by atoms with Gasteiger partial charge < -0.3 is 23.2 Å². The van der Waals surface area contributed by atoms with E-state index in [1.165, 1.54) is 25.5 Å². The standard InChI is InChI=1S/C31H26BrN5O7/c1-19-4-5-20(2)36(19)22-6-9-24(10-7-22)42-18-25-11-12-27(43-25)31(38)35-34-16-21-14-26(32)30(28(15-21)41-3)44-29-13-8-23(17-33-29)37(39)40/h4-17H,18H2,1-3H3,(H,35,38)/b34-16+. The zero-order chi connectivity index (χ0) is 31.2. The van der Waals surface area contributed by atoms with Crippen LogP contribution >= 0.6 is 15.9 Å². The summed E-state index contributed by atoms with van der Waals surface area (Å²) in [4.78, 5) is 26.8. The molecule has 2 aromatic carbocycles. The van der Waals surface area contributed by atoms with Gasteiger partial charge in [0.25, 0.3) is 5.69 Å². The molecule has 12 nitrogen and oxygen atoms in total. The third-order valence-corrected chi connectivity index (χ3v) is 6.99. The fourth-order valence-electron chi connectivity index (χ4n) is 4.28. The Bertz CT molecular complexity index is 1810. The van der Waals surface area contributed by atoms with E-state index >= 15 is 0 Å². The predicted octanol–water partition coefficient (Wildman–Crippen LogP) is 6.90. The average Bonchev–Trinajstić information content (AvgIpc) is 3.63. The minimum absolute atomic E-state index is 0.0766. The van der Waals surface area contributed by atoms with Gasteiger partial charge in [-0.05, 0) is 96.0 Å². The van der Waals surface area contributed by atoms with Gasteiger partial charge in [0.1, 0.15) is 24.3 Å². The van der Waals surface area contributed by atoms with Crippen LogP contribution in [0.4, 0.5) is 5.69 Å². The van der Waals surface area contributed by atoms with Gasteiger partial charge in [0.05, 0.1) is 22.7 Å². The van der Waals surface area contributed by atoms with E-state index in [9.17, 15) is 14.9 Å². The van der Waals surface area contributed by atoms with Crippen molar-refractivity contribution in [3.63, 3.8) is 0 Å². The number of furan rings is 1. The maximum Gasteiger partial charge on any atom is 0.307 e. The maximum absolute atomic E-state index is 12.6. The van der Waals surface area contributed by atoms with E-state index in [1.807, 2.05) is 24.3 Å². The van der Waals surface area contributed by atoms with Crippen molar-refractivity contribution >= 4 is 33.7 Å². The highest BCUT2D eigenvalue weighted by atomic mass is 79.9. The monoisotopic (exact) mass is 659 g/mol. The Morgan fingerprint density at radius 2 is 1.84 bits per heavy atom. The van der Waals surface area contributed by atoms with Crippen molar-refractivity contribution < 1.29 is 28.3 Å². The number of hydrazone groups is 1. The Morgan fingerprint density at radius 3 is 2.50 bits per heavy atom. The Labute approximate surface area is 260 Å². The van der Waals surface area contributed by atoms with Gasteiger partial charge in [-0.1, -0.05) is 0 Å². The van der Waals surface area contributed by atoms with E-state index in [-0.39, 0.29) is 23.9 Å². The smallest absolute Gasteiger partial charge is 0.307 e. The van der Waals surface area contributed by atoms with Crippen molar-refractivity contribution in [2.75, 3.05) is 7.11 Å². The number of methoxy groups -OCH3 is 1. The number of benzene rings is 2. The minimum atomic E-state index is -0.548. The van der Waals surface area contributed by atoms with Crippen molar-refractivity contribution in [3.05, 3.63) is 122 Å². The zero-order valence-electron chi connectivity index (χ0n) is 23.8. The molecule has 0 aliphatic heterocycles. The second kappa shape index (κ2) is 13.3. The molecule has 224 valence electrons. The van der Waals surface area contributed by atoms with Gasteiger partial charge in [-0.3, -0.25) is 14.9 Å². The molecule has 0 unspecified atom stereocenters. The molecule has 0 fully saturated rings. The van der Waals surface area contributed by atoms with E-state index in [0.717, 1.165) is 23.3 Å². The number of rotatable bonds is 11. The molecule has 0 radical (unpaired) electrons. The average molecular weight is 660 g/mol. The van der Waals surface area contributed by atoms with Crippen LogP contribution in [0.15, 0.2) is 93.0 Å². The predicted molar refractivity (Wildman–Crippen MR) is 165 cm³/mol. The molecule has 3 heterocycles. The van der Waals surface area contributed by atoms with E-state index in [2.05, 4.69) is 62.0 Å². The third kappa shape index (κ3) is 6.95. The highest BCUT2D eigenvalue weighted by Crippen LogP contribution is 2.39. The van der Waals surface area contributed by atoms with Gasteiger partial charge in [0.2, 0.25) is 5.88 Å². The van der Waals surface area contributed by atoms with Crippen LogP contribution in [0.3, 0.4) is 0 Å². The second-order valence-corrected chi connectivity index (χ2v) is 10.3. The fourth-order valence-corrected chi connectivity index (χ4v) is 4.82. The number of aryl methyl sites for hydroxylation is 2. The molecule has 0 saturated heterocycles. The van der Waals surface area contributed by atoms with Gasteiger partial charge >= 0.3 is 5.91 Å². The minimum Gasteiger partial charge on any atom is -0.493 e. The lowest BCUT2D eigenvalue weighted by Gasteiger charge is -2.12. The van der Waals surface area contributed by atoms with Crippen LogP contribution in [-0.2, 0) is 6.61 Å². The lowest BCUT2D eigenvalue weighted by atomic mass is 10.2. The topological polar surface area (TPSA) is 143 Å². The lowest BCUT2D eigenvalue weighted by molar-refractivity contribution is -0.385. The molecule has 5 aromatic rings. The maximum atomic E-state index is 12.6. The van der Waals surface area contributed by atoms with Gasteiger partial charge in [-0.25, -0.2) is 10.4 Å². The molecule has 0 saturated carbocycles. The molecule has 13 heteroatoms. The molecular weight excluding hydrogens is 634 g/mol. The fraction of sp³-hybridized carbons (Fsp3) is 0.129. The number of nitro groups is 1. The number of amides is 1. The van der Waals surface area contributed by atoms with Crippen molar-refractivity contribution in [2.45, 2.75) is 20.5 Å². The summed E-state index contributed by atoms with van der Waals surface area (Å²) in [5.41, 5.74) is 6.20. The summed E-state index contributed by atoms with van der Waals surface area (Å²) in [6.07, 6.45) is 2.52. The number of nitrogens with zero attached hydrogens (tertiary/aromatic N) is 4.